The quantitative estimate of drug-likeness (QED) is 0.711. The third-order valence-corrected chi connectivity index (χ3v) is 3.87. The van der Waals surface area contributed by atoms with Gasteiger partial charge in [0, 0.05) is 30.3 Å². The molecule has 1 aromatic rings. The number of halogens is 1. The molecule has 1 aromatic carbocycles. The highest BCUT2D eigenvalue weighted by Crippen LogP contribution is 2.18. The van der Waals surface area contributed by atoms with E-state index in [-0.39, 0.29) is 16.4 Å². The summed E-state index contributed by atoms with van der Waals surface area (Å²) < 4.78 is 28.0. The lowest BCUT2D eigenvalue weighted by molar-refractivity contribution is 0.0951. The number of ether oxygens (including phenoxy) is 1. The molecule has 0 atom stereocenters. The predicted octanol–water partition coefficient (Wildman–Crippen LogP) is 1.25. The SMILES string of the molecule is COCCCCNC(=O)c1cc(Br)cc(S(N)(=O)=O)c1. The van der Waals surface area contributed by atoms with Gasteiger partial charge in [-0.25, -0.2) is 13.6 Å². The molecule has 0 aliphatic heterocycles. The molecule has 0 bridgehead atoms. The molecule has 1 amide bonds. The monoisotopic (exact) mass is 364 g/mol. The smallest absolute Gasteiger partial charge is 0.251 e. The molecule has 3 N–H and O–H groups in total. The number of nitrogens with one attached hydrogen (secondary N) is 1. The zero-order valence-electron chi connectivity index (χ0n) is 11.1. The molecule has 0 spiro atoms. The van der Waals surface area contributed by atoms with E-state index in [1.807, 2.05) is 0 Å². The molecule has 0 saturated carbocycles. The van der Waals surface area contributed by atoms with Crippen LogP contribution in [0.1, 0.15) is 23.2 Å². The van der Waals surface area contributed by atoms with Crippen LogP contribution in [0.5, 0.6) is 0 Å². The highest BCUT2D eigenvalue weighted by molar-refractivity contribution is 9.10. The summed E-state index contributed by atoms with van der Waals surface area (Å²) in [6.45, 7) is 1.14. The van der Waals surface area contributed by atoms with Gasteiger partial charge in [-0.2, -0.15) is 0 Å². The average Bonchev–Trinajstić information content (AvgIpc) is 2.36. The zero-order chi connectivity index (χ0) is 15.2. The summed E-state index contributed by atoms with van der Waals surface area (Å²) in [5, 5.41) is 7.77. The maximum atomic E-state index is 11.9. The third-order valence-electron chi connectivity index (χ3n) is 2.52. The van der Waals surface area contributed by atoms with E-state index in [2.05, 4.69) is 21.2 Å². The van der Waals surface area contributed by atoms with Gasteiger partial charge in [0.05, 0.1) is 4.90 Å². The number of methoxy groups -OCH3 is 1. The molecule has 112 valence electrons. The second kappa shape index (κ2) is 7.72. The summed E-state index contributed by atoms with van der Waals surface area (Å²) >= 11 is 3.16. The molecule has 0 unspecified atom stereocenters. The fourth-order valence-corrected chi connectivity index (χ4v) is 2.76. The molecule has 0 aromatic heterocycles. The molecule has 0 aliphatic carbocycles. The number of carbonyl (C=O) groups excluding carboxylic acids is 1. The first-order valence-electron chi connectivity index (χ1n) is 5.95. The molecule has 6 nitrogen and oxygen atoms in total. The first-order valence-corrected chi connectivity index (χ1v) is 8.29. The zero-order valence-corrected chi connectivity index (χ0v) is 13.5. The number of hydrogen-bond acceptors (Lipinski definition) is 4. The van der Waals surface area contributed by atoms with Crippen LogP contribution in [0.3, 0.4) is 0 Å². The van der Waals surface area contributed by atoms with E-state index in [9.17, 15) is 13.2 Å². The molecular weight excluding hydrogens is 348 g/mol. The van der Waals surface area contributed by atoms with Crippen molar-refractivity contribution in [1.29, 1.82) is 0 Å². The van der Waals surface area contributed by atoms with Crippen LogP contribution >= 0.6 is 15.9 Å². The number of nitrogens with two attached hydrogens (primary N) is 1. The van der Waals surface area contributed by atoms with Gasteiger partial charge in [0.15, 0.2) is 0 Å². The first kappa shape index (κ1) is 17.1. The second-order valence-corrected chi connectivity index (χ2v) is 6.65. The predicted molar refractivity (Wildman–Crippen MR) is 79.0 cm³/mol. The number of rotatable bonds is 7. The van der Waals surface area contributed by atoms with Crippen molar-refractivity contribution in [2.75, 3.05) is 20.3 Å². The van der Waals surface area contributed by atoms with Crippen LogP contribution in [0.4, 0.5) is 0 Å². The molecule has 1 rings (SSSR count). The van der Waals surface area contributed by atoms with Gasteiger partial charge >= 0.3 is 0 Å². The van der Waals surface area contributed by atoms with Crippen molar-refractivity contribution in [3.05, 3.63) is 28.2 Å². The number of unbranched alkanes of at least 4 members (excludes halogenated alkanes) is 1. The molecule has 8 heteroatoms. The third kappa shape index (κ3) is 5.58. The van der Waals surface area contributed by atoms with Crippen LogP contribution in [0.2, 0.25) is 0 Å². The number of carbonyl (C=O) groups is 1. The summed E-state index contributed by atoms with van der Waals surface area (Å²) in [5.41, 5.74) is 0.246. The van der Waals surface area contributed by atoms with Gasteiger partial charge in [-0.15, -0.1) is 0 Å². The van der Waals surface area contributed by atoms with Crippen molar-refractivity contribution >= 4 is 31.9 Å². The lowest BCUT2D eigenvalue weighted by Gasteiger charge is -2.07. The van der Waals surface area contributed by atoms with Crippen LogP contribution in [0.25, 0.3) is 0 Å². The van der Waals surface area contributed by atoms with Crippen LogP contribution in [-0.2, 0) is 14.8 Å². The van der Waals surface area contributed by atoms with E-state index >= 15 is 0 Å². The maximum absolute atomic E-state index is 11.9. The Labute approximate surface area is 126 Å². The minimum atomic E-state index is -3.84. The average molecular weight is 365 g/mol. The summed E-state index contributed by atoms with van der Waals surface area (Å²) in [5.74, 6) is -0.339. The van der Waals surface area contributed by atoms with Gasteiger partial charge in [0.1, 0.15) is 0 Å². The van der Waals surface area contributed by atoms with Crippen molar-refractivity contribution < 1.29 is 17.9 Å². The minimum Gasteiger partial charge on any atom is -0.385 e. The standard InChI is InChI=1S/C12H17BrN2O4S/c1-19-5-3-2-4-15-12(16)9-6-10(13)8-11(7-9)20(14,17)18/h6-8H,2-5H2,1H3,(H,15,16)(H2,14,17,18). The van der Waals surface area contributed by atoms with Gasteiger partial charge in [-0.3, -0.25) is 4.79 Å². The van der Waals surface area contributed by atoms with Crippen LogP contribution in [0.15, 0.2) is 27.6 Å². The number of amides is 1. The minimum absolute atomic E-state index is 0.101. The molecule has 0 fully saturated rings. The highest BCUT2D eigenvalue weighted by atomic mass is 79.9. The molecular formula is C12H17BrN2O4S. The van der Waals surface area contributed by atoms with Crippen molar-refractivity contribution in [1.82, 2.24) is 5.32 Å². The van der Waals surface area contributed by atoms with Gasteiger partial charge < -0.3 is 10.1 Å². The summed E-state index contributed by atoms with van der Waals surface area (Å²) in [7, 11) is -2.22. The fraction of sp³-hybridized carbons (Fsp3) is 0.417. The van der Waals surface area contributed by atoms with E-state index in [0.29, 0.717) is 17.6 Å². The Bertz CT molecular complexity index is 575. The Kier molecular flexibility index (Phi) is 6.60. The van der Waals surface area contributed by atoms with Gasteiger partial charge in [0.2, 0.25) is 10.0 Å². The number of sulfonamides is 1. The largest absolute Gasteiger partial charge is 0.385 e. The van der Waals surface area contributed by atoms with E-state index in [0.717, 1.165) is 12.8 Å². The first-order chi connectivity index (χ1) is 9.34. The maximum Gasteiger partial charge on any atom is 0.251 e. The topological polar surface area (TPSA) is 98.5 Å². The number of benzene rings is 1. The van der Waals surface area contributed by atoms with Gasteiger partial charge in [-0.1, -0.05) is 15.9 Å². The van der Waals surface area contributed by atoms with Gasteiger partial charge in [-0.05, 0) is 31.0 Å². The Morgan fingerprint density at radius 2 is 2.05 bits per heavy atom. The van der Waals surface area contributed by atoms with Crippen molar-refractivity contribution in [3.63, 3.8) is 0 Å². The normalized spacial score (nSPS) is 11.3. The van der Waals surface area contributed by atoms with E-state index in [1.165, 1.54) is 12.1 Å². The summed E-state index contributed by atoms with van der Waals surface area (Å²) in [4.78, 5) is 11.8. The van der Waals surface area contributed by atoms with Gasteiger partial charge in [0.25, 0.3) is 5.91 Å². The summed E-state index contributed by atoms with van der Waals surface area (Å²) in [6.07, 6.45) is 1.63. The van der Waals surface area contributed by atoms with Crippen molar-refractivity contribution in [3.8, 4) is 0 Å². The molecule has 0 heterocycles. The van der Waals surface area contributed by atoms with Crippen molar-refractivity contribution in [2.24, 2.45) is 5.14 Å². The van der Waals surface area contributed by atoms with Crippen LogP contribution in [0, 0.1) is 0 Å². The lowest BCUT2D eigenvalue weighted by atomic mass is 10.2. The number of hydrogen-bond donors (Lipinski definition) is 2. The Morgan fingerprint density at radius 1 is 1.35 bits per heavy atom. The van der Waals surface area contributed by atoms with E-state index in [4.69, 9.17) is 9.88 Å². The molecule has 0 radical (unpaired) electrons. The highest BCUT2D eigenvalue weighted by Gasteiger charge is 2.13. The number of primary sulfonamides is 1. The molecule has 0 saturated heterocycles. The lowest BCUT2D eigenvalue weighted by Crippen LogP contribution is -2.25. The Balaban J connectivity index is 2.71. The fourth-order valence-electron chi connectivity index (χ4n) is 1.53. The Hall–Kier alpha value is -0.960. The molecule has 20 heavy (non-hydrogen) atoms. The summed E-state index contributed by atoms with van der Waals surface area (Å²) in [6, 6.07) is 4.15. The van der Waals surface area contributed by atoms with Crippen molar-refractivity contribution in [2.45, 2.75) is 17.7 Å². The second-order valence-electron chi connectivity index (χ2n) is 4.18. The van der Waals surface area contributed by atoms with E-state index < -0.39 is 10.0 Å². The van der Waals surface area contributed by atoms with Crippen LogP contribution in [-0.4, -0.2) is 34.6 Å². The van der Waals surface area contributed by atoms with E-state index in [1.54, 1.807) is 13.2 Å². The molecule has 0 aliphatic rings. The Morgan fingerprint density at radius 3 is 2.65 bits per heavy atom. The van der Waals surface area contributed by atoms with Crippen LogP contribution < -0.4 is 10.5 Å².